The highest BCUT2D eigenvalue weighted by Gasteiger charge is 2.51. The van der Waals surface area contributed by atoms with Crippen molar-refractivity contribution in [1.29, 1.82) is 0 Å². The van der Waals surface area contributed by atoms with Gasteiger partial charge in [-0.3, -0.25) is 0 Å². The van der Waals surface area contributed by atoms with Gasteiger partial charge in [0.2, 0.25) is 0 Å². The Morgan fingerprint density at radius 1 is 1.11 bits per heavy atom. The maximum absolute atomic E-state index is 6.03. The molecule has 0 atom stereocenters. The third-order valence-electron chi connectivity index (χ3n) is 4.81. The number of ether oxygens (including phenoxy) is 1. The predicted molar refractivity (Wildman–Crippen MR) is 79.3 cm³/mol. The van der Waals surface area contributed by atoms with Crippen LogP contribution in [0, 0.1) is 5.41 Å². The summed E-state index contributed by atoms with van der Waals surface area (Å²) in [6, 6.07) is 15.1. The van der Waals surface area contributed by atoms with E-state index < -0.39 is 0 Å². The summed E-state index contributed by atoms with van der Waals surface area (Å²) in [5.41, 5.74) is 7.49. The second kappa shape index (κ2) is 4.32. The van der Waals surface area contributed by atoms with Crippen molar-refractivity contribution in [3.05, 3.63) is 48.0 Å². The zero-order valence-electron chi connectivity index (χ0n) is 11.6. The minimum absolute atomic E-state index is 0.0371. The van der Waals surface area contributed by atoms with Crippen LogP contribution in [0.2, 0.25) is 0 Å². The Labute approximate surface area is 114 Å². The van der Waals surface area contributed by atoms with Crippen molar-refractivity contribution in [2.45, 2.75) is 19.3 Å². The van der Waals surface area contributed by atoms with Crippen LogP contribution in [0.15, 0.2) is 42.5 Å². The van der Waals surface area contributed by atoms with Gasteiger partial charge in [0.15, 0.2) is 0 Å². The fraction of sp³-hybridized carbons (Fsp3) is 0.412. The summed E-state index contributed by atoms with van der Waals surface area (Å²) < 4.78 is 5.57. The van der Waals surface area contributed by atoms with Crippen LogP contribution in [0.4, 0.5) is 0 Å². The molecule has 1 heterocycles. The fourth-order valence-corrected chi connectivity index (χ4v) is 3.06. The van der Waals surface area contributed by atoms with Crippen molar-refractivity contribution in [3.63, 3.8) is 0 Å². The van der Waals surface area contributed by atoms with Crippen molar-refractivity contribution in [1.82, 2.24) is 0 Å². The molecule has 0 unspecified atom stereocenters. The molecule has 100 valence electrons. The van der Waals surface area contributed by atoms with E-state index in [1.54, 1.807) is 0 Å². The molecule has 2 heteroatoms. The molecule has 0 radical (unpaired) electrons. The first-order valence-electron chi connectivity index (χ1n) is 6.87. The minimum Gasteiger partial charge on any atom is -0.379 e. The molecule has 2 nitrogen and oxygen atoms in total. The second-order valence-electron chi connectivity index (χ2n) is 6.19. The van der Waals surface area contributed by atoms with E-state index in [1.165, 1.54) is 16.3 Å². The van der Waals surface area contributed by atoms with E-state index in [1.807, 2.05) is 0 Å². The SMILES string of the molecule is CC(C)(CN)C1(c2cccc3ccccc23)COC1. The molecule has 19 heavy (non-hydrogen) atoms. The summed E-state index contributed by atoms with van der Waals surface area (Å²) in [7, 11) is 0. The van der Waals surface area contributed by atoms with Crippen molar-refractivity contribution < 1.29 is 4.74 Å². The molecule has 0 bridgehead atoms. The number of rotatable bonds is 3. The van der Waals surface area contributed by atoms with Crippen molar-refractivity contribution in [2.24, 2.45) is 11.1 Å². The average molecular weight is 255 g/mol. The lowest BCUT2D eigenvalue weighted by atomic mass is 9.59. The molecule has 2 aromatic rings. The molecule has 0 amide bonds. The van der Waals surface area contributed by atoms with Gasteiger partial charge < -0.3 is 10.5 Å². The van der Waals surface area contributed by atoms with Crippen molar-refractivity contribution in [3.8, 4) is 0 Å². The Bertz CT molecular complexity index is 594. The number of nitrogens with two attached hydrogens (primary N) is 1. The number of benzene rings is 2. The topological polar surface area (TPSA) is 35.2 Å². The highest BCUT2D eigenvalue weighted by molar-refractivity contribution is 5.87. The second-order valence-corrected chi connectivity index (χ2v) is 6.19. The molecule has 1 aliphatic rings. The van der Waals surface area contributed by atoms with Gasteiger partial charge in [-0.1, -0.05) is 56.3 Å². The molecule has 1 saturated heterocycles. The summed E-state index contributed by atoms with van der Waals surface area (Å²) in [6.45, 7) is 6.70. The smallest absolute Gasteiger partial charge is 0.0591 e. The lowest BCUT2D eigenvalue weighted by Crippen LogP contribution is -2.59. The molecule has 1 fully saturated rings. The largest absolute Gasteiger partial charge is 0.379 e. The van der Waals surface area contributed by atoms with E-state index >= 15 is 0 Å². The molecule has 0 saturated carbocycles. The van der Waals surface area contributed by atoms with E-state index in [9.17, 15) is 0 Å². The first-order chi connectivity index (χ1) is 9.11. The molecule has 0 aromatic heterocycles. The highest BCUT2D eigenvalue weighted by Crippen LogP contribution is 2.48. The van der Waals surface area contributed by atoms with Gasteiger partial charge in [0.25, 0.3) is 0 Å². The van der Waals surface area contributed by atoms with Gasteiger partial charge in [-0.2, -0.15) is 0 Å². The van der Waals surface area contributed by atoms with Crippen LogP contribution >= 0.6 is 0 Å². The lowest BCUT2D eigenvalue weighted by Gasteiger charge is -2.53. The van der Waals surface area contributed by atoms with Gasteiger partial charge in [-0.15, -0.1) is 0 Å². The van der Waals surface area contributed by atoms with Crippen LogP contribution in [0.3, 0.4) is 0 Å². The molecular weight excluding hydrogens is 234 g/mol. The summed E-state index contributed by atoms with van der Waals surface area (Å²) in [4.78, 5) is 0. The fourth-order valence-electron chi connectivity index (χ4n) is 3.06. The van der Waals surface area contributed by atoms with Crippen LogP contribution in [-0.4, -0.2) is 19.8 Å². The monoisotopic (exact) mass is 255 g/mol. The Hall–Kier alpha value is -1.38. The van der Waals surface area contributed by atoms with E-state index in [2.05, 4.69) is 56.3 Å². The summed E-state index contributed by atoms with van der Waals surface area (Å²) in [5, 5.41) is 2.62. The third-order valence-corrected chi connectivity index (χ3v) is 4.81. The Kier molecular flexibility index (Phi) is 2.88. The normalized spacial score (nSPS) is 18.3. The molecule has 2 aromatic carbocycles. The molecule has 2 N–H and O–H groups in total. The Morgan fingerprint density at radius 2 is 1.79 bits per heavy atom. The van der Waals surface area contributed by atoms with Gasteiger partial charge in [-0.05, 0) is 28.3 Å². The van der Waals surface area contributed by atoms with Gasteiger partial charge in [0.1, 0.15) is 0 Å². The van der Waals surface area contributed by atoms with Gasteiger partial charge >= 0.3 is 0 Å². The predicted octanol–water partition coefficient (Wildman–Crippen LogP) is 3.09. The number of hydrogen-bond acceptors (Lipinski definition) is 2. The van der Waals surface area contributed by atoms with E-state index in [4.69, 9.17) is 10.5 Å². The average Bonchev–Trinajstić information content (AvgIpc) is 2.37. The van der Waals surface area contributed by atoms with E-state index in [0.717, 1.165) is 13.2 Å². The molecule has 0 aliphatic carbocycles. The van der Waals surface area contributed by atoms with Crippen LogP contribution in [0.5, 0.6) is 0 Å². The quantitative estimate of drug-likeness (QED) is 0.914. The maximum atomic E-state index is 6.03. The van der Waals surface area contributed by atoms with E-state index in [-0.39, 0.29) is 10.8 Å². The first-order valence-corrected chi connectivity index (χ1v) is 6.87. The zero-order valence-corrected chi connectivity index (χ0v) is 11.6. The maximum Gasteiger partial charge on any atom is 0.0591 e. The molecular formula is C17H21NO. The van der Waals surface area contributed by atoms with Gasteiger partial charge in [0, 0.05) is 5.41 Å². The van der Waals surface area contributed by atoms with Gasteiger partial charge in [-0.25, -0.2) is 0 Å². The zero-order chi connectivity index (χ0) is 13.5. The summed E-state index contributed by atoms with van der Waals surface area (Å²) >= 11 is 0. The van der Waals surface area contributed by atoms with E-state index in [0.29, 0.717) is 6.54 Å². The number of hydrogen-bond donors (Lipinski definition) is 1. The summed E-state index contributed by atoms with van der Waals surface area (Å²) in [6.07, 6.45) is 0. The standard InChI is InChI=1S/C17H21NO/c1-16(2,10-18)17(11-19-12-17)15-9-5-7-13-6-3-4-8-14(13)15/h3-9H,10-12,18H2,1-2H3. The van der Waals surface area contributed by atoms with Crippen molar-refractivity contribution >= 4 is 10.8 Å². The van der Waals surface area contributed by atoms with Crippen LogP contribution in [0.1, 0.15) is 19.4 Å². The van der Waals surface area contributed by atoms with Crippen LogP contribution in [0.25, 0.3) is 10.8 Å². The first kappa shape index (κ1) is 12.6. The van der Waals surface area contributed by atoms with Gasteiger partial charge in [0.05, 0.1) is 13.2 Å². The summed E-state index contributed by atoms with van der Waals surface area (Å²) in [5.74, 6) is 0. The van der Waals surface area contributed by atoms with Crippen molar-refractivity contribution in [2.75, 3.05) is 19.8 Å². The molecule has 0 spiro atoms. The molecule has 1 aliphatic heterocycles. The third kappa shape index (κ3) is 1.71. The Balaban J connectivity index is 2.23. The Morgan fingerprint density at radius 3 is 2.42 bits per heavy atom. The lowest BCUT2D eigenvalue weighted by molar-refractivity contribution is -0.115. The molecule has 3 rings (SSSR count). The minimum atomic E-state index is 0.0371. The highest BCUT2D eigenvalue weighted by atomic mass is 16.5. The number of fused-ring (bicyclic) bond motifs is 1. The van der Waals surface area contributed by atoms with Crippen LogP contribution in [-0.2, 0) is 10.2 Å². The van der Waals surface area contributed by atoms with Crippen LogP contribution < -0.4 is 5.73 Å².